The third kappa shape index (κ3) is 3.77. The Bertz CT molecular complexity index is 1010. The number of nitrogens with one attached hydrogen (secondary N) is 1. The summed E-state index contributed by atoms with van der Waals surface area (Å²) >= 11 is 3.45. The summed E-state index contributed by atoms with van der Waals surface area (Å²) < 4.78 is 7.69. The second-order valence-electron chi connectivity index (χ2n) is 5.76. The smallest absolute Gasteiger partial charge is 0.277 e. The van der Waals surface area contributed by atoms with Crippen molar-refractivity contribution < 1.29 is 9.53 Å². The molecule has 1 aromatic heterocycles. The van der Waals surface area contributed by atoms with E-state index in [0.29, 0.717) is 35.6 Å². The van der Waals surface area contributed by atoms with E-state index in [1.807, 2.05) is 30.3 Å². The molecule has 0 atom stereocenters. The molecule has 0 radical (unpaired) electrons. The molecule has 3 aromatic rings. The van der Waals surface area contributed by atoms with E-state index in [1.165, 1.54) is 6.92 Å². The van der Waals surface area contributed by atoms with E-state index < -0.39 is 0 Å². The summed E-state index contributed by atoms with van der Waals surface area (Å²) in [7, 11) is 1.59. The van der Waals surface area contributed by atoms with Crippen LogP contribution in [-0.2, 0) is 11.3 Å². The number of benzene rings is 2. The van der Waals surface area contributed by atoms with Crippen LogP contribution in [0.5, 0.6) is 5.75 Å². The maximum atomic E-state index is 13.0. The van der Waals surface area contributed by atoms with Gasteiger partial charge in [0.2, 0.25) is 5.91 Å². The van der Waals surface area contributed by atoms with E-state index in [9.17, 15) is 9.59 Å². The number of hydrogen-bond donors (Lipinski definition) is 1. The summed E-state index contributed by atoms with van der Waals surface area (Å²) in [5.41, 5.74) is 2.30. The number of methoxy groups -OCH3 is 1. The number of aromatic nitrogens is 2. The predicted molar refractivity (Wildman–Crippen MR) is 104 cm³/mol. The van der Waals surface area contributed by atoms with Gasteiger partial charge >= 0.3 is 0 Å². The summed E-state index contributed by atoms with van der Waals surface area (Å²) in [5, 5.41) is 2.73. The monoisotopic (exact) mass is 415 g/mol. The zero-order chi connectivity index (χ0) is 18.7. The molecule has 7 heteroatoms. The van der Waals surface area contributed by atoms with Crippen LogP contribution in [0.15, 0.2) is 51.7 Å². The molecule has 1 amide bonds. The molecule has 0 fully saturated rings. The third-order valence-corrected chi connectivity index (χ3v) is 4.47. The van der Waals surface area contributed by atoms with Crippen molar-refractivity contribution in [1.29, 1.82) is 0 Å². The van der Waals surface area contributed by atoms with Gasteiger partial charge in [-0.15, -0.1) is 0 Å². The Kier molecular flexibility index (Phi) is 5.37. The zero-order valence-electron chi connectivity index (χ0n) is 14.5. The van der Waals surface area contributed by atoms with Gasteiger partial charge < -0.3 is 14.6 Å². The van der Waals surface area contributed by atoms with E-state index in [-0.39, 0.29) is 11.5 Å². The van der Waals surface area contributed by atoms with Gasteiger partial charge in [0.1, 0.15) is 11.4 Å². The van der Waals surface area contributed by atoms with Gasteiger partial charge in [0.15, 0.2) is 0 Å². The van der Waals surface area contributed by atoms with Gasteiger partial charge in [-0.05, 0) is 42.5 Å². The first-order chi connectivity index (χ1) is 12.5. The SMILES string of the molecule is COc1ccc(-c2nc3cc(Br)ccc3n(CCNC(C)=O)c2=O)cc1. The van der Waals surface area contributed by atoms with Crippen LogP contribution in [0, 0.1) is 0 Å². The Morgan fingerprint density at radius 1 is 1.23 bits per heavy atom. The lowest BCUT2D eigenvalue weighted by atomic mass is 10.1. The molecule has 0 bridgehead atoms. The Balaban J connectivity index is 2.14. The average Bonchev–Trinajstić information content (AvgIpc) is 2.63. The highest BCUT2D eigenvalue weighted by Crippen LogP contribution is 2.22. The Morgan fingerprint density at radius 3 is 2.62 bits per heavy atom. The van der Waals surface area contributed by atoms with Gasteiger partial charge in [0.05, 0.1) is 18.1 Å². The minimum Gasteiger partial charge on any atom is -0.497 e. The van der Waals surface area contributed by atoms with Crippen molar-refractivity contribution in [2.24, 2.45) is 0 Å². The Hall–Kier alpha value is -2.67. The molecule has 0 saturated carbocycles. The lowest BCUT2D eigenvalue weighted by molar-refractivity contribution is -0.118. The van der Waals surface area contributed by atoms with E-state index in [4.69, 9.17) is 4.74 Å². The summed E-state index contributed by atoms with van der Waals surface area (Å²) in [6.45, 7) is 2.18. The predicted octanol–water partition coefficient (Wildman–Crippen LogP) is 2.97. The van der Waals surface area contributed by atoms with Crippen LogP contribution in [0.2, 0.25) is 0 Å². The molecule has 0 aliphatic rings. The maximum absolute atomic E-state index is 13.0. The molecule has 134 valence electrons. The number of hydrogen-bond acceptors (Lipinski definition) is 4. The molecule has 1 N–H and O–H groups in total. The second-order valence-corrected chi connectivity index (χ2v) is 6.68. The topological polar surface area (TPSA) is 73.2 Å². The maximum Gasteiger partial charge on any atom is 0.277 e. The summed E-state index contributed by atoms with van der Waals surface area (Å²) in [5.74, 6) is 0.581. The molecule has 0 unspecified atom stereocenters. The third-order valence-electron chi connectivity index (χ3n) is 3.98. The molecule has 3 rings (SSSR count). The van der Waals surface area contributed by atoms with Gasteiger partial charge in [0.25, 0.3) is 5.56 Å². The first-order valence-electron chi connectivity index (χ1n) is 8.08. The van der Waals surface area contributed by atoms with Crippen LogP contribution in [0.1, 0.15) is 6.92 Å². The molecule has 26 heavy (non-hydrogen) atoms. The molecule has 0 aliphatic heterocycles. The number of halogens is 1. The summed E-state index contributed by atoms with van der Waals surface area (Å²) in [6.07, 6.45) is 0. The number of nitrogens with zero attached hydrogens (tertiary/aromatic N) is 2. The number of amides is 1. The first kappa shape index (κ1) is 18.1. The molecule has 0 spiro atoms. The molecular weight excluding hydrogens is 398 g/mol. The number of fused-ring (bicyclic) bond motifs is 1. The fourth-order valence-electron chi connectivity index (χ4n) is 2.72. The van der Waals surface area contributed by atoms with Crippen molar-refractivity contribution in [3.63, 3.8) is 0 Å². The van der Waals surface area contributed by atoms with E-state index >= 15 is 0 Å². The van der Waals surface area contributed by atoms with Crippen LogP contribution in [0.3, 0.4) is 0 Å². The molecular formula is C19H18BrN3O3. The van der Waals surface area contributed by atoms with Crippen molar-refractivity contribution in [3.8, 4) is 17.0 Å². The van der Waals surface area contributed by atoms with Crippen molar-refractivity contribution >= 4 is 32.9 Å². The number of carbonyl (C=O) groups excluding carboxylic acids is 1. The average molecular weight is 416 g/mol. The standard InChI is InChI=1S/C19H18BrN3O3/c1-12(24)21-9-10-23-17-8-5-14(20)11-16(17)22-18(19(23)25)13-3-6-15(26-2)7-4-13/h3-8,11H,9-10H2,1-2H3,(H,21,24). The normalized spacial score (nSPS) is 10.7. The highest BCUT2D eigenvalue weighted by Gasteiger charge is 2.13. The van der Waals surface area contributed by atoms with E-state index in [1.54, 1.807) is 23.8 Å². The first-order valence-corrected chi connectivity index (χ1v) is 8.88. The van der Waals surface area contributed by atoms with Crippen LogP contribution >= 0.6 is 15.9 Å². The fourth-order valence-corrected chi connectivity index (χ4v) is 3.07. The second kappa shape index (κ2) is 7.70. The molecule has 2 aromatic carbocycles. The van der Waals surface area contributed by atoms with E-state index in [0.717, 1.165) is 9.99 Å². The highest BCUT2D eigenvalue weighted by atomic mass is 79.9. The number of carbonyl (C=O) groups is 1. The van der Waals surface area contributed by atoms with Crippen LogP contribution in [0.25, 0.3) is 22.3 Å². The van der Waals surface area contributed by atoms with Gasteiger partial charge in [-0.3, -0.25) is 9.59 Å². The quantitative estimate of drug-likeness (QED) is 0.694. The summed E-state index contributed by atoms with van der Waals surface area (Å²) in [4.78, 5) is 28.8. The van der Waals surface area contributed by atoms with E-state index in [2.05, 4.69) is 26.2 Å². The molecule has 0 saturated heterocycles. The molecule has 0 aliphatic carbocycles. The van der Waals surface area contributed by atoms with Gasteiger partial charge in [-0.2, -0.15) is 0 Å². The minimum atomic E-state index is -0.199. The lowest BCUT2D eigenvalue weighted by Gasteiger charge is -2.13. The van der Waals surface area contributed by atoms with Crippen LogP contribution < -0.4 is 15.6 Å². The van der Waals surface area contributed by atoms with Crippen molar-refractivity contribution in [3.05, 3.63) is 57.3 Å². The zero-order valence-corrected chi connectivity index (χ0v) is 16.0. The molecule has 6 nitrogen and oxygen atoms in total. The largest absolute Gasteiger partial charge is 0.497 e. The van der Waals surface area contributed by atoms with Crippen molar-refractivity contribution in [1.82, 2.24) is 14.9 Å². The van der Waals surface area contributed by atoms with Gasteiger partial charge in [-0.1, -0.05) is 15.9 Å². The van der Waals surface area contributed by atoms with Crippen molar-refractivity contribution in [2.75, 3.05) is 13.7 Å². The van der Waals surface area contributed by atoms with Gasteiger partial charge in [0, 0.05) is 30.0 Å². The van der Waals surface area contributed by atoms with Crippen molar-refractivity contribution in [2.45, 2.75) is 13.5 Å². The molecule has 1 heterocycles. The fraction of sp³-hybridized carbons (Fsp3) is 0.211. The Labute approximate surface area is 158 Å². The Morgan fingerprint density at radius 2 is 1.96 bits per heavy atom. The van der Waals surface area contributed by atoms with Crippen LogP contribution in [0.4, 0.5) is 0 Å². The summed E-state index contributed by atoms with van der Waals surface area (Å²) in [6, 6.07) is 12.8. The number of ether oxygens (including phenoxy) is 1. The van der Waals surface area contributed by atoms with Gasteiger partial charge in [-0.25, -0.2) is 4.98 Å². The highest BCUT2D eigenvalue weighted by molar-refractivity contribution is 9.10. The van der Waals surface area contributed by atoms with Crippen LogP contribution in [-0.4, -0.2) is 29.1 Å². The lowest BCUT2D eigenvalue weighted by Crippen LogP contribution is -2.30. The number of rotatable bonds is 5. The minimum absolute atomic E-state index is 0.130.